The summed E-state index contributed by atoms with van der Waals surface area (Å²) in [6, 6.07) is -0.0747. The molecule has 194 valence electrons. The third-order valence-electron chi connectivity index (χ3n) is 11.0. The minimum Gasteiger partial charge on any atom is -0.469 e. The van der Waals surface area contributed by atoms with E-state index in [2.05, 4.69) is 33.0 Å². The van der Waals surface area contributed by atoms with Crippen molar-refractivity contribution in [1.29, 1.82) is 0 Å². The zero-order chi connectivity index (χ0) is 24.9. The topological polar surface area (TPSA) is 93.8 Å². The highest BCUT2D eigenvalue weighted by Gasteiger charge is 2.67. The molecule has 9 atom stereocenters. The number of hydrogen-bond donors (Lipinski definition) is 3. The summed E-state index contributed by atoms with van der Waals surface area (Å²) in [5, 5.41) is 13.2. The van der Waals surface area contributed by atoms with E-state index in [-0.39, 0.29) is 52.9 Å². The molecule has 6 nitrogen and oxygen atoms in total. The highest BCUT2D eigenvalue weighted by molar-refractivity contribution is 7.80. The number of carbonyl (C=O) groups is 1. The summed E-state index contributed by atoms with van der Waals surface area (Å²) in [6.45, 7) is 8.95. The third-order valence-corrected chi connectivity index (χ3v) is 11.2. The first-order valence-electron chi connectivity index (χ1n) is 13.4. The lowest BCUT2D eigenvalue weighted by molar-refractivity contribution is -0.160. The number of esters is 1. The van der Waals surface area contributed by atoms with Gasteiger partial charge in [0.05, 0.1) is 25.7 Å². The van der Waals surface area contributed by atoms with Crippen molar-refractivity contribution in [3.63, 3.8) is 0 Å². The van der Waals surface area contributed by atoms with Gasteiger partial charge in [0.2, 0.25) is 0 Å². The van der Waals surface area contributed by atoms with Crippen LogP contribution in [0.4, 0.5) is 0 Å². The van der Waals surface area contributed by atoms with Crippen LogP contribution in [0.1, 0.15) is 85.5 Å². The Hall–Kier alpha value is -0.920. The van der Waals surface area contributed by atoms with Crippen LogP contribution in [0.3, 0.4) is 0 Å². The number of rotatable bonds is 5. The molecule has 1 unspecified atom stereocenters. The molecule has 4 fully saturated rings. The van der Waals surface area contributed by atoms with Gasteiger partial charge in [-0.25, -0.2) is 0 Å². The Morgan fingerprint density at radius 3 is 2.50 bits per heavy atom. The molecule has 34 heavy (non-hydrogen) atoms. The van der Waals surface area contributed by atoms with Gasteiger partial charge in [-0.2, -0.15) is 0 Å². The van der Waals surface area contributed by atoms with E-state index in [0.29, 0.717) is 22.9 Å². The van der Waals surface area contributed by atoms with Crippen LogP contribution in [0.5, 0.6) is 0 Å². The predicted octanol–water partition coefficient (Wildman–Crippen LogP) is 4.18. The number of ether oxygens (including phenoxy) is 2. The number of nitrogens with one attached hydrogen (secondary N) is 1. The molecule has 4 rings (SSSR count). The Bertz CT molecular complexity index is 793. The molecule has 0 aromatic rings. The van der Waals surface area contributed by atoms with E-state index in [1.165, 1.54) is 13.5 Å². The minimum atomic E-state index is -0.280. The molecule has 4 aliphatic carbocycles. The first-order valence-corrected chi connectivity index (χ1v) is 13.9. The quantitative estimate of drug-likeness (QED) is 0.390. The number of aliphatic hydroxyl groups excluding tert-OH is 1. The maximum absolute atomic E-state index is 12.6. The lowest BCUT2D eigenvalue weighted by Gasteiger charge is -2.64. The van der Waals surface area contributed by atoms with Crippen molar-refractivity contribution in [3.05, 3.63) is 0 Å². The van der Waals surface area contributed by atoms with Gasteiger partial charge in [0, 0.05) is 5.54 Å². The van der Waals surface area contributed by atoms with Crippen LogP contribution in [0.15, 0.2) is 0 Å². The van der Waals surface area contributed by atoms with Gasteiger partial charge in [-0.3, -0.25) is 4.79 Å². The van der Waals surface area contributed by atoms with E-state index < -0.39 is 0 Å². The zero-order valence-electron chi connectivity index (χ0n) is 21.8. The molecular formula is C27H46N2O4S. The minimum absolute atomic E-state index is 0.0478. The molecule has 4 N–H and O–H groups in total. The molecule has 7 heteroatoms. The summed E-state index contributed by atoms with van der Waals surface area (Å²) < 4.78 is 11.4. The van der Waals surface area contributed by atoms with Crippen molar-refractivity contribution in [2.45, 2.75) is 103 Å². The second-order valence-electron chi connectivity index (χ2n) is 12.6. The molecule has 0 bridgehead atoms. The molecule has 4 aliphatic rings. The molecule has 0 aromatic heterocycles. The molecule has 0 radical (unpaired) electrons. The van der Waals surface area contributed by atoms with Crippen LogP contribution in [0, 0.1) is 40.4 Å². The van der Waals surface area contributed by atoms with Crippen LogP contribution in [-0.4, -0.2) is 47.7 Å². The van der Waals surface area contributed by atoms with Crippen molar-refractivity contribution in [2.24, 2.45) is 46.2 Å². The second-order valence-corrected chi connectivity index (χ2v) is 13.0. The zero-order valence-corrected chi connectivity index (χ0v) is 22.6. The SMILES string of the molecule is COC(=O)[C@H]1CC[C@]2(N)[C@@H]3CC[C@@H]4C[C@@H](OC(=S)NC(CO)C(C)C)CC[C@]4(C)[C@H]3CC[C@]12C. The van der Waals surface area contributed by atoms with E-state index in [1.54, 1.807) is 0 Å². The monoisotopic (exact) mass is 494 g/mol. The van der Waals surface area contributed by atoms with Crippen LogP contribution in [0.2, 0.25) is 0 Å². The standard InChI is InChI=1S/C27H46N2O4S/c1-16(2)22(15-30)29-24(34)33-18-8-11-25(3)17(14-18)6-7-20-19(25)9-12-26(4)21(23(31)32-5)10-13-27(20,26)28/h16-22,30H,6-15,28H2,1-5H3,(H,29,34)/t17-,18+,19+,20-,21-,22?,25+,26-,27+/m1/s1. The van der Waals surface area contributed by atoms with Crippen LogP contribution >= 0.6 is 12.2 Å². The largest absolute Gasteiger partial charge is 0.469 e. The van der Waals surface area contributed by atoms with Crippen molar-refractivity contribution in [3.8, 4) is 0 Å². The Balaban J connectivity index is 1.44. The van der Waals surface area contributed by atoms with Gasteiger partial charge in [-0.1, -0.05) is 27.7 Å². The van der Waals surface area contributed by atoms with E-state index in [9.17, 15) is 9.90 Å². The summed E-state index contributed by atoms with van der Waals surface area (Å²) >= 11 is 5.48. The highest BCUT2D eigenvalue weighted by Crippen LogP contribution is 2.68. The van der Waals surface area contributed by atoms with E-state index >= 15 is 0 Å². The van der Waals surface area contributed by atoms with Crippen molar-refractivity contribution >= 4 is 23.4 Å². The number of thiocarbonyl (C=S) groups is 1. The highest BCUT2D eigenvalue weighted by atomic mass is 32.1. The number of aliphatic hydroxyl groups is 1. The maximum atomic E-state index is 12.6. The third kappa shape index (κ3) is 4.07. The molecule has 0 aromatic carbocycles. The fourth-order valence-corrected chi connectivity index (χ4v) is 8.96. The average Bonchev–Trinajstić information content (AvgIpc) is 3.08. The molecule has 0 heterocycles. The van der Waals surface area contributed by atoms with E-state index in [1.807, 2.05) is 0 Å². The molecule has 4 saturated carbocycles. The molecule has 0 aliphatic heterocycles. The van der Waals surface area contributed by atoms with Gasteiger partial charge >= 0.3 is 5.97 Å². The lowest BCUT2D eigenvalue weighted by atomic mass is 9.42. The Labute approximate surface area is 211 Å². The number of hydrogen-bond acceptors (Lipinski definition) is 6. The maximum Gasteiger partial charge on any atom is 0.309 e. The Morgan fingerprint density at radius 1 is 1.12 bits per heavy atom. The number of methoxy groups -OCH3 is 1. The van der Waals surface area contributed by atoms with Crippen molar-refractivity contribution < 1.29 is 19.4 Å². The number of fused-ring (bicyclic) bond motifs is 5. The Morgan fingerprint density at radius 2 is 1.85 bits per heavy atom. The van der Waals surface area contributed by atoms with Crippen LogP contribution in [0.25, 0.3) is 0 Å². The summed E-state index contributed by atoms with van der Waals surface area (Å²) in [4.78, 5) is 12.6. The van der Waals surface area contributed by atoms with Crippen molar-refractivity contribution in [1.82, 2.24) is 5.32 Å². The van der Waals surface area contributed by atoms with Crippen LogP contribution in [-0.2, 0) is 14.3 Å². The normalized spacial score (nSPS) is 44.4. The fourth-order valence-electron chi connectivity index (χ4n) is 8.68. The van der Waals surface area contributed by atoms with Crippen LogP contribution < -0.4 is 11.1 Å². The summed E-state index contributed by atoms with van der Waals surface area (Å²) in [5.41, 5.74) is 7.14. The average molecular weight is 495 g/mol. The first kappa shape index (κ1) is 26.2. The van der Waals surface area contributed by atoms with Gasteiger partial charge in [0.15, 0.2) is 0 Å². The van der Waals surface area contributed by atoms with Gasteiger partial charge in [0.25, 0.3) is 5.17 Å². The van der Waals surface area contributed by atoms with Gasteiger partial charge in [-0.15, -0.1) is 0 Å². The summed E-state index contributed by atoms with van der Waals surface area (Å²) in [6.07, 6.45) is 9.56. The van der Waals surface area contributed by atoms with E-state index in [4.69, 9.17) is 27.4 Å². The Kier molecular flexibility index (Phi) is 7.32. The van der Waals surface area contributed by atoms with Gasteiger partial charge < -0.3 is 25.6 Å². The molecule has 0 saturated heterocycles. The number of carbonyl (C=O) groups excluding carboxylic acids is 1. The number of nitrogens with two attached hydrogens (primary N) is 1. The smallest absolute Gasteiger partial charge is 0.309 e. The summed E-state index contributed by atoms with van der Waals surface area (Å²) in [7, 11) is 1.51. The lowest BCUT2D eigenvalue weighted by Crippen LogP contribution is -2.66. The van der Waals surface area contributed by atoms with Gasteiger partial charge in [-0.05, 0) is 105 Å². The van der Waals surface area contributed by atoms with E-state index in [0.717, 1.165) is 51.4 Å². The molecule has 0 spiro atoms. The predicted molar refractivity (Wildman–Crippen MR) is 137 cm³/mol. The second kappa shape index (κ2) is 9.51. The summed E-state index contributed by atoms with van der Waals surface area (Å²) in [5.74, 6) is 1.83. The first-order chi connectivity index (χ1) is 16.0. The molecular weight excluding hydrogens is 448 g/mol. The fraction of sp³-hybridized carbons (Fsp3) is 0.926. The van der Waals surface area contributed by atoms with Crippen molar-refractivity contribution in [2.75, 3.05) is 13.7 Å². The van der Waals surface area contributed by atoms with Gasteiger partial charge in [0.1, 0.15) is 6.10 Å². The molecule has 0 amide bonds.